The van der Waals surface area contributed by atoms with Gasteiger partial charge in [-0.05, 0) is 23.8 Å². The molecule has 3 N–H and O–H groups in total. The van der Waals surface area contributed by atoms with Crippen molar-refractivity contribution in [1.82, 2.24) is 14.9 Å². The van der Waals surface area contributed by atoms with Crippen LogP contribution in [-0.2, 0) is 22.8 Å². The normalized spacial score (nSPS) is 12.4. The molecule has 1 aliphatic heterocycles. The van der Waals surface area contributed by atoms with Crippen LogP contribution in [0.5, 0.6) is 5.75 Å². The second-order valence-electron chi connectivity index (χ2n) is 7.14. The molecule has 0 radical (unpaired) electrons. The first-order chi connectivity index (χ1) is 15.4. The number of thioether (sulfide) groups is 1. The second-order valence-corrected chi connectivity index (χ2v) is 8.13. The number of carboxylic acids is 1. The molecular formula is C22H18FN3O5S. The first kappa shape index (κ1) is 21.6. The van der Waals surface area contributed by atoms with Gasteiger partial charge in [0.05, 0.1) is 12.2 Å². The van der Waals surface area contributed by atoms with E-state index in [2.05, 4.69) is 10.3 Å². The zero-order valence-corrected chi connectivity index (χ0v) is 17.5. The number of rotatable bonds is 6. The van der Waals surface area contributed by atoms with Crippen molar-refractivity contribution in [2.75, 3.05) is 6.54 Å². The molecule has 164 valence electrons. The first-order valence-corrected chi connectivity index (χ1v) is 10.8. The van der Waals surface area contributed by atoms with Gasteiger partial charge in [-0.25, -0.2) is 4.39 Å². The van der Waals surface area contributed by atoms with Crippen molar-refractivity contribution in [2.24, 2.45) is 0 Å². The fourth-order valence-corrected chi connectivity index (χ4v) is 4.65. The molecular weight excluding hydrogens is 437 g/mol. The number of amides is 1. The fourth-order valence-electron chi connectivity index (χ4n) is 3.52. The third-order valence-corrected chi connectivity index (χ3v) is 6.05. The lowest BCUT2D eigenvalue weighted by atomic mass is 10.1. The molecule has 0 bridgehead atoms. The van der Waals surface area contributed by atoms with Gasteiger partial charge in [0.25, 0.3) is 11.5 Å². The molecule has 1 amide bonds. The van der Waals surface area contributed by atoms with Gasteiger partial charge in [-0.15, -0.1) is 0 Å². The predicted octanol–water partition coefficient (Wildman–Crippen LogP) is 2.36. The molecule has 32 heavy (non-hydrogen) atoms. The van der Waals surface area contributed by atoms with Gasteiger partial charge in [-0.1, -0.05) is 18.2 Å². The highest BCUT2D eigenvalue weighted by atomic mass is 32.2. The summed E-state index contributed by atoms with van der Waals surface area (Å²) in [7, 11) is 0. The molecule has 0 saturated carbocycles. The van der Waals surface area contributed by atoms with E-state index in [1.165, 1.54) is 28.6 Å². The number of carbonyl (C=O) groups is 2. The molecule has 0 aliphatic carbocycles. The average Bonchev–Trinajstić information content (AvgIpc) is 3.26. The number of carboxylic acid groups (broad SMARTS) is 1. The van der Waals surface area contributed by atoms with Crippen LogP contribution in [0.4, 0.5) is 4.39 Å². The summed E-state index contributed by atoms with van der Waals surface area (Å²) in [6.07, 6.45) is 1.53. The summed E-state index contributed by atoms with van der Waals surface area (Å²) in [6, 6.07) is 9.63. The maximum Gasteiger partial charge on any atom is 0.322 e. The van der Waals surface area contributed by atoms with Crippen LogP contribution in [0, 0.1) is 5.82 Å². The average molecular weight is 455 g/mol. The van der Waals surface area contributed by atoms with Crippen LogP contribution in [0.15, 0.2) is 47.4 Å². The summed E-state index contributed by atoms with van der Waals surface area (Å²) >= 11 is 1.49. The predicted molar refractivity (Wildman–Crippen MR) is 116 cm³/mol. The number of carbonyl (C=O) groups excluding carboxylic acids is 1. The van der Waals surface area contributed by atoms with E-state index in [1.807, 2.05) is 0 Å². The number of benzene rings is 1. The number of nitrogens with one attached hydrogen (secondary N) is 1. The number of aromatic nitrogens is 2. The maximum atomic E-state index is 14.0. The number of aromatic hydroxyl groups is 1. The van der Waals surface area contributed by atoms with E-state index in [0.29, 0.717) is 39.6 Å². The highest BCUT2D eigenvalue weighted by Crippen LogP contribution is 2.36. The number of pyridine rings is 2. The van der Waals surface area contributed by atoms with Gasteiger partial charge in [-0.3, -0.25) is 19.4 Å². The lowest BCUT2D eigenvalue weighted by Gasteiger charge is -2.16. The molecule has 4 rings (SSSR count). The van der Waals surface area contributed by atoms with Crippen LogP contribution in [0.25, 0.3) is 11.3 Å². The summed E-state index contributed by atoms with van der Waals surface area (Å²) < 4.78 is 15.4. The molecule has 0 fully saturated rings. The smallest absolute Gasteiger partial charge is 0.322 e. The van der Waals surface area contributed by atoms with Crippen LogP contribution >= 0.6 is 11.8 Å². The zero-order chi connectivity index (χ0) is 22.8. The molecule has 3 aromatic rings. The van der Waals surface area contributed by atoms with Crippen molar-refractivity contribution in [3.63, 3.8) is 0 Å². The van der Waals surface area contributed by atoms with Gasteiger partial charge in [0.1, 0.15) is 23.7 Å². The topological polar surface area (TPSA) is 122 Å². The third-order valence-electron chi connectivity index (χ3n) is 5.08. The van der Waals surface area contributed by atoms with E-state index in [0.717, 1.165) is 0 Å². The van der Waals surface area contributed by atoms with E-state index in [9.17, 15) is 23.9 Å². The number of hydrogen-bond acceptors (Lipinski definition) is 6. The summed E-state index contributed by atoms with van der Waals surface area (Å²) in [6.45, 7) is -0.587. The van der Waals surface area contributed by atoms with Crippen LogP contribution in [0.1, 0.15) is 27.2 Å². The Bertz CT molecular complexity index is 1270. The van der Waals surface area contributed by atoms with Crippen LogP contribution in [0.3, 0.4) is 0 Å². The Morgan fingerprint density at radius 3 is 2.66 bits per heavy atom. The number of fused-ring (bicyclic) bond motifs is 1. The molecule has 1 aromatic carbocycles. The largest absolute Gasteiger partial charge is 0.507 e. The second kappa shape index (κ2) is 8.83. The Kier molecular flexibility index (Phi) is 5.95. The maximum absolute atomic E-state index is 14.0. The molecule has 1 aliphatic rings. The molecule has 10 heteroatoms. The van der Waals surface area contributed by atoms with Gasteiger partial charge in [0.2, 0.25) is 0 Å². The standard InChI is InChI=1S/C22H18FN3O5S/c23-15-4-2-1-3-13(15)16-6-5-12(7-24-16)9-26-17-11-32-10-14(17)20(29)19(22(26)31)21(30)25-8-18(27)28/h1-7,29H,8-11H2,(H,25,30)(H,27,28). The molecule has 8 nitrogen and oxygen atoms in total. The Hall–Kier alpha value is -3.66. The molecule has 3 heterocycles. The minimum Gasteiger partial charge on any atom is -0.507 e. The van der Waals surface area contributed by atoms with Crippen LogP contribution < -0.4 is 10.9 Å². The Morgan fingerprint density at radius 1 is 1.19 bits per heavy atom. The van der Waals surface area contributed by atoms with Gasteiger partial charge in [-0.2, -0.15) is 11.8 Å². The van der Waals surface area contributed by atoms with Crippen LogP contribution in [0.2, 0.25) is 0 Å². The van der Waals surface area contributed by atoms with Gasteiger partial charge >= 0.3 is 5.97 Å². The van der Waals surface area contributed by atoms with E-state index in [4.69, 9.17) is 5.11 Å². The number of aliphatic carboxylic acids is 1. The molecule has 0 unspecified atom stereocenters. The highest BCUT2D eigenvalue weighted by Gasteiger charge is 2.28. The van der Waals surface area contributed by atoms with Crippen molar-refractivity contribution in [3.05, 3.63) is 81.2 Å². The van der Waals surface area contributed by atoms with E-state index < -0.39 is 41.1 Å². The molecule has 0 atom stereocenters. The third kappa shape index (κ3) is 4.09. The van der Waals surface area contributed by atoms with Crippen molar-refractivity contribution in [3.8, 4) is 17.0 Å². The number of nitrogens with zero attached hydrogens (tertiary/aromatic N) is 2. The zero-order valence-electron chi connectivity index (χ0n) is 16.7. The molecule has 0 saturated heterocycles. The highest BCUT2D eigenvalue weighted by molar-refractivity contribution is 7.98. The van der Waals surface area contributed by atoms with E-state index in [-0.39, 0.29) is 6.54 Å². The minimum absolute atomic E-state index is 0.0891. The lowest BCUT2D eigenvalue weighted by molar-refractivity contribution is -0.135. The van der Waals surface area contributed by atoms with Crippen molar-refractivity contribution >= 4 is 23.6 Å². The summed E-state index contributed by atoms with van der Waals surface area (Å²) in [5.41, 5.74) is 1.33. The number of hydrogen-bond donors (Lipinski definition) is 3. The fraction of sp³-hybridized carbons (Fsp3) is 0.182. The Balaban J connectivity index is 1.70. The minimum atomic E-state index is -1.27. The van der Waals surface area contributed by atoms with Crippen molar-refractivity contribution in [1.29, 1.82) is 0 Å². The van der Waals surface area contributed by atoms with Crippen molar-refractivity contribution in [2.45, 2.75) is 18.1 Å². The lowest BCUT2D eigenvalue weighted by Crippen LogP contribution is -2.37. The molecule has 2 aromatic heterocycles. The monoisotopic (exact) mass is 455 g/mol. The summed E-state index contributed by atoms with van der Waals surface area (Å²) in [4.78, 5) is 40.6. The van der Waals surface area contributed by atoms with E-state index in [1.54, 1.807) is 30.3 Å². The SMILES string of the molecule is O=C(O)CNC(=O)c1c(O)c2c(n(Cc3ccc(-c4ccccc4F)nc3)c1=O)CSC2. The van der Waals surface area contributed by atoms with Gasteiger partial charge < -0.3 is 20.1 Å². The number of halogens is 1. The van der Waals surface area contributed by atoms with E-state index >= 15 is 0 Å². The summed E-state index contributed by atoms with van der Waals surface area (Å²) in [5.74, 6) is -2.12. The first-order valence-electron chi connectivity index (χ1n) is 9.62. The van der Waals surface area contributed by atoms with Gasteiger partial charge in [0.15, 0.2) is 0 Å². The Morgan fingerprint density at radius 2 is 1.97 bits per heavy atom. The summed E-state index contributed by atoms with van der Waals surface area (Å²) in [5, 5.41) is 21.4. The van der Waals surface area contributed by atoms with Gasteiger partial charge in [0, 0.05) is 34.5 Å². The molecule has 0 spiro atoms. The Labute approximate surface area is 185 Å². The van der Waals surface area contributed by atoms with Crippen LogP contribution in [-0.4, -0.2) is 38.2 Å². The quantitative estimate of drug-likeness (QED) is 0.522. The van der Waals surface area contributed by atoms with Crippen molar-refractivity contribution < 1.29 is 24.2 Å².